The second kappa shape index (κ2) is 6.97. The third-order valence-electron chi connectivity index (χ3n) is 4.45. The quantitative estimate of drug-likeness (QED) is 0.829. The van der Waals surface area contributed by atoms with Crippen molar-refractivity contribution in [3.8, 4) is 0 Å². The minimum absolute atomic E-state index is 0.00390. The molecule has 1 aromatic carbocycles. The lowest BCUT2D eigenvalue weighted by Crippen LogP contribution is -2.46. The maximum absolute atomic E-state index is 12.8. The summed E-state index contributed by atoms with van der Waals surface area (Å²) in [5.74, 6) is 0.00390. The Morgan fingerprint density at radius 2 is 2.22 bits per heavy atom. The van der Waals surface area contributed by atoms with E-state index in [1.807, 2.05) is 24.3 Å². The Morgan fingerprint density at radius 1 is 1.39 bits per heavy atom. The molecule has 3 rings (SSSR count). The molecule has 2 aromatic rings. The van der Waals surface area contributed by atoms with Crippen LogP contribution in [0.2, 0.25) is 5.02 Å². The number of amides is 1. The van der Waals surface area contributed by atoms with Crippen LogP contribution in [0.15, 0.2) is 24.3 Å². The molecular weight excluding hydrogens is 330 g/mol. The van der Waals surface area contributed by atoms with Gasteiger partial charge in [-0.15, -0.1) is 10.2 Å². The summed E-state index contributed by atoms with van der Waals surface area (Å²) in [5, 5.41) is 13.5. The summed E-state index contributed by atoms with van der Waals surface area (Å²) >= 11 is 7.57. The van der Waals surface area contributed by atoms with Gasteiger partial charge in [-0.05, 0) is 37.0 Å². The lowest BCUT2D eigenvalue weighted by molar-refractivity contribution is -0.124. The highest BCUT2D eigenvalue weighted by Crippen LogP contribution is 2.45. The number of anilines is 1. The number of hydrogen-bond acceptors (Lipinski definition) is 4. The van der Waals surface area contributed by atoms with Crippen molar-refractivity contribution in [1.29, 1.82) is 0 Å². The molecule has 1 amide bonds. The second-order valence-electron chi connectivity index (χ2n) is 6.00. The molecule has 23 heavy (non-hydrogen) atoms. The fourth-order valence-electron chi connectivity index (χ4n) is 2.91. The van der Waals surface area contributed by atoms with Crippen LogP contribution in [0.5, 0.6) is 0 Å². The van der Waals surface area contributed by atoms with Gasteiger partial charge in [0.1, 0.15) is 5.01 Å². The van der Waals surface area contributed by atoms with Crippen molar-refractivity contribution in [3.05, 3.63) is 39.9 Å². The normalized spacial score (nSPS) is 15.9. The zero-order valence-corrected chi connectivity index (χ0v) is 14.7. The van der Waals surface area contributed by atoms with E-state index in [4.69, 9.17) is 11.6 Å². The van der Waals surface area contributed by atoms with Gasteiger partial charge in [0.25, 0.3) is 0 Å². The summed E-state index contributed by atoms with van der Waals surface area (Å²) in [6, 6.07) is 7.61. The average molecular weight is 350 g/mol. The smallest absolute Gasteiger partial charge is 0.236 e. The second-order valence-corrected chi connectivity index (χ2v) is 7.50. The zero-order valence-electron chi connectivity index (χ0n) is 13.1. The van der Waals surface area contributed by atoms with Crippen molar-refractivity contribution >= 4 is 34.0 Å². The van der Waals surface area contributed by atoms with Crippen molar-refractivity contribution < 1.29 is 4.79 Å². The van der Waals surface area contributed by atoms with Crippen molar-refractivity contribution in [2.24, 2.45) is 0 Å². The van der Waals surface area contributed by atoms with E-state index in [0.29, 0.717) is 10.2 Å². The van der Waals surface area contributed by atoms with Crippen molar-refractivity contribution in [3.63, 3.8) is 0 Å². The van der Waals surface area contributed by atoms with Gasteiger partial charge >= 0.3 is 0 Å². The Bertz CT molecular complexity index is 697. The molecule has 0 radical (unpaired) electrons. The number of halogens is 1. The highest BCUT2D eigenvalue weighted by Gasteiger charge is 2.46. The Labute approximate surface area is 145 Å². The summed E-state index contributed by atoms with van der Waals surface area (Å²) in [6.45, 7) is 2.15. The zero-order chi connectivity index (χ0) is 16.3. The lowest BCUT2D eigenvalue weighted by Gasteiger charge is -2.40. The molecule has 0 spiro atoms. The SMILES string of the molecule is CCCCc1nnc(NC(=O)C2(c3cccc(Cl)c3)CCC2)s1. The molecule has 0 atom stereocenters. The molecule has 1 fully saturated rings. The van der Waals surface area contributed by atoms with Gasteiger partial charge in [-0.1, -0.05) is 54.8 Å². The maximum atomic E-state index is 12.8. The number of hydrogen-bond donors (Lipinski definition) is 1. The minimum Gasteiger partial charge on any atom is -0.300 e. The van der Waals surface area contributed by atoms with Crippen LogP contribution in [0.4, 0.5) is 5.13 Å². The van der Waals surface area contributed by atoms with E-state index in [1.54, 1.807) is 0 Å². The van der Waals surface area contributed by atoms with Crippen LogP contribution in [0.25, 0.3) is 0 Å². The highest BCUT2D eigenvalue weighted by molar-refractivity contribution is 7.15. The number of rotatable bonds is 6. The van der Waals surface area contributed by atoms with Gasteiger partial charge in [-0.25, -0.2) is 0 Å². The van der Waals surface area contributed by atoms with E-state index in [1.165, 1.54) is 11.3 Å². The first-order valence-electron chi connectivity index (χ1n) is 8.04. The van der Waals surface area contributed by atoms with Crippen LogP contribution in [-0.2, 0) is 16.6 Å². The number of nitrogens with zero attached hydrogens (tertiary/aromatic N) is 2. The topological polar surface area (TPSA) is 54.9 Å². The molecule has 0 saturated heterocycles. The molecule has 1 aromatic heterocycles. The van der Waals surface area contributed by atoms with E-state index in [9.17, 15) is 4.79 Å². The molecule has 6 heteroatoms. The molecule has 0 aliphatic heterocycles. The van der Waals surface area contributed by atoms with E-state index in [2.05, 4.69) is 22.4 Å². The Hall–Kier alpha value is -1.46. The van der Waals surface area contributed by atoms with Gasteiger partial charge in [-0.3, -0.25) is 10.1 Å². The fourth-order valence-corrected chi connectivity index (χ4v) is 3.88. The molecule has 1 heterocycles. The van der Waals surface area contributed by atoms with Gasteiger partial charge in [0, 0.05) is 11.4 Å². The summed E-state index contributed by atoms with van der Waals surface area (Å²) < 4.78 is 0. The summed E-state index contributed by atoms with van der Waals surface area (Å²) in [4.78, 5) is 12.8. The van der Waals surface area contributed by atoms with Crippen LogP contribution in [-0.4, -0.2) is 16.1 Å². The summed E-state index contributed by atoms with van der Waals surface area (Å²) in [7, 11) is 0. The highest BCUT2D eigenvalue weighted by atomic mass is 35.5. The molecule has 1 saturated carbocycles. The van der Waals surface area contributed by atoms with Gasteiger partial charge in [0.05, 0.1) is 5.41 Å². The van der Waals surface area contributed by atoms with Crippen molar-refractivity contribution in [2.45, 2.75) is 50.9 Å². The van der Waals surface area contributed by atoms with Crippen LogP contribution < -0.4 is 5.32 Å². The van der Waals surface area contributed by atoms with E-state index in [-0.39, 0.29) is 5.91 Å². The number of nitrogens with one attached hydrogen (secondary N) is 1. The van der Waals surface area contributed by atoms with Crippen molar-refractivity contribution in [2.75, 3.05) is 5.32 Å². The number of aromatic nitrogens is 2. The minimum atomic E-state index is -0.472. The molecule has 0 bridgehead atoms. The number of aryl methyl sites for hydroxylation is 1. The monoisotopic (exact) mass is 349 g/mol. The molecular formula is C17H20ClN3OS. The van der Waals surface area contributed by atoms with Crippen molar-refractivity contribution in [1.82, 2.24) is 10.2 Å². The molecule has 0 unspecified atom stereocenters. The predicted molar refractivity (Wildman–Crippen MR) is 94.1 cm³/mol. The number of carbonyl (C=O) groups excluding carboxylic acids is 1. The first-order valence-corrected chi connectivity index (χ1v) is 9.23. The predicted octanol–water partition coefficient (Wildman–Crippen LogP) is 4.59. The summed E-state index contributed by atoms with van der Waals surface area (Å²) in [5.41, 5.74) is 0.518. The molecule has 1 N–H and O–H groups in total. The number of benzene rings is 1. The number of carbonyl (C=O) groups is 1. The van der Waals surface area contributed by atoms with E-state index >= 15 is 0 Å². The van der Waals surface area contributed by atoms with Crippen LogP contribution in [0.1, 0.15) is 49.6 Å². The lowest BCUT2D eigenvalue weighted by atomic mass is 9.64. The first kappa shape index (κ1) is 16.4. The fraction of sp³-hybridized carbons (Fsp3) is 0.471. The maximum Gasteiger partial charge on any atom is 0.236 e. The van der Waals surface area contributed by atoms with Gasteiger partial charge in [-0.2, -0.15) is 0 Å². The van der Waals surface area contributed by atoms with Gasteiger partial charge in [0.2, 0.25) is 11.0 Å². The van der Waals surface area contributed by atoms with E-state index in [0.717, 1.165) is 49.1 Å². The number of unbranched alkanes of at least 4 members (excludes halogenated alkanes) is 1. The van der Waals surface area contributed by atoms with Gasteiger partial charge < -0.3 is 0 Å². The van der Waals surface area contributed by atoms with Crippen LogP contribution >= 0.6 is 22.9 Å². The average Bonchev–Trinajstić information content (AvgIpc) is 2.91. The van der Waals surface area contributed by atoms with Gasteiger partial charge in [0.15, 0.2) is 0 Å². The molecule has 122 valence electrons. The largest absolute Gasteiger partial charge is 0.300 e. The first-order chi connectivity index (χ1) is 11.1. The van der Waals surface area contributed by atoms with Crippen LogP contribution in [0.3, 0.4) is 0 Å². The Kier molecular flexibility index (Phi) is 4.97. The molecule has 1 aliphatic rings. The molecule has 4 nitrogen and oxygen atoms in total. The van der Waals surface area contributed by atoms with E-state index < -0.39 is 5.41 Å². The third kappa shape index (κ3) is 3.40. The third-order valence-corrected chi connectivity index (χ3v) is 5.58. The van der Waals surface area contributed by atoms with Crippen LogP contribution in [0, 0.1) is 0 Å². The standard InChI is InChI=1S/C17H20ClN3OS/c1-2-3-8-14-20-21-16(23-14)19-15(22)17(9-5-10-17)12-6-4-7-13(18)11-12/h4,6-7,11H,2-3,5,8-10H2,1H3,(H,19,21,22). The Balaban J connectivity index is 1.74. The molecule has 1 aliphatic carbocycles. The summed E-state index contributed by atoms with van der Waals surface area (Å²) in [6.07, 6.45) is 5.89. The Morgan fingerprint density at radius 3 is 2.87 bits per heavy atom.